The lowest BCUT2D eigenvalue weighted by atomic mass is 9.94. The molecule has 3 heterocycles. The lowest BCUT2D eigenvalue weighted by Gasteiger charge is -2.32. The van der Waals surface area contributed by atoms with Crippen molar-refractivity contribution in [3.8, 4) is 6.07 Å². The molecule has 1 aliphatic rings. The van der Waals surface area contributed by atoms with E-state index in [9.17, 15) is 5.26 Å². The largest absolute Gasteiger partial charge is 0.394 e. The number of rotatable bonds is 5. The van der Waals surface area contributed by atoms with E-state index >= 15 is 0 Å². The van der Waals surface area contributed by atoms with Crippen LogP contribution in [0.4, 0.5) is 0 Å². The Morgan fingerprint density at radius 2 is 2.29 bits per heavy atom. The summed E-state index contributed by atoms with van der Waals surface area (Å²) >= 11 is 0. The molecular weight excluding hydrogens is 302 g/mol. The van der Waals surface area contributed by atoms with Crippen LogP contribution in [0.15, 0.2) is 18.3 Å². The van der Waals surface area contributed by atoms with E-state index in [0.29, 0.717) is 12.5 Å². The predicted molar refractivity (Wildman–Crippen MR) is 91.4 cm³/mol. The van der Waals surface area contributed by atoms with Gasteiger partial charge in [0, 0.05) is 37.9 Å². The average molecular weight is 327 g/mol. The van der Waals surface area contributed by atoms with Crippen molar-refractivity contribution >= 4 is 0 Å². The van der Waals surface area contributed by atoms with Crippen molar-refractivity contribution in [2.24, 2.45) is 7.05 Å². The fourth-order valence-electron chi connectivity index (χ4n) is 3.53. The molecular formula is C18H25N5O. The SMILES string of the molecule is Cc1c(CN2CCC[C@H](c3ccn(CCO)n3)C2)cc(C#N)n1C. The van der Waals surface area contributed by atoms with Crippen molar-refractivity contribution in [2.75, 3.05) is 19.7 Å². The van der Waals surface area contributed by atoms with E-state index in [1.165, 1.54) is 11.3 Å². The van der Waals surface area contributed by atoms with Crippen LogP contribution in [-0.4, -0.2) is 44.1 Å². The predicted octanol–water partition coefficient (Wildman–Crippen LogP) is 1.77. The van der Waals surface area contributed by atoms with E-state index in [-0.39, 0.29) is 6.61 Å². The number of likely N-dealkylation sites (tertiary alicyclic amines) is 1. The van der Waals surface area contributed by atoms with Gasteiger partial charge in [0.05, 0.1) is 18.8 Å². The molecule has 128 valence electrons. The third-order valence-electron chi connectivity index (χ3n) is 5.06. The summed E-state index contributed by atoms with van der Waals surface area (Å²) in [7, 11) is 1.95. The van der Waals surface area contributed by atoms with Crippen LogP contribution >= 0.6 is 0 Å². The second kappa shape index (κ2) is 7.20. The number of aliphatic hydroxyl groups excluding tert-OH is 1. The Kier molecular flexibility index (Phi) is 5.03. The number of hydrogen-bond acceptors (Lipinski definition) is 4. The van der Waals surface area contributed by atoms with Gasteiger partial charge in [0.1, 0.15) is 11.8 Å². The van der Waals surface area contributed by atoms with Crippen LogP contribution in [0.2, 0.25) is 0 Å². The quantitative estimate of drug-likeness (QED) is 0.909. The second-order valence-electron chi connectivity index (χ2n) is 6.61. The first-order valence-corrected chi connectivity index (χ1v) is 8.54. The molecule has 0 bridgehead atoms. The lowest BCUT2D eigenvalue weighted by Crippen LogP contribution is -2.34. The number of nitrogens with zero attached hydrogens (tertiary/aromatic N) is 5. The Morgan fingerprint density at radius 3 is 3.00 bits per heavy atom. The average Bonchev–Trinajstić information content (AvgIpc) is 3.16. The third kappa shape index (κ3) is 3.37. The molecule has 3 rings (SSSR count). The van der Waals surface area contributed by atoms with Crippen molar-refractivity contribution in [3.63, 3.8) is 0 Å². The highest BCUT2D eigenvalue weighted by Crippen LogP contribution is 2.27. The maximum Gasteiger partial charge on any atom is 0.120 e. The Labute approximate surface area is 142 Å². The van der Waals surface area contributed by atoms with E-state index < -0.39 is 0 Å². The molecule has 2 aromatic rings. The monoisotopic (exact) mass is 327 g/mol. The van der Waals surface area contributed by atoms with Gasteiger partial charge in [-0.2, -0.15) is 10.4 Å². The zero-order valence-electron chi connectivity index (χ0n) is 14.4. The Morgan fingerprint density at radius 1 is 1.46 bits per heavy atom. The molecule has 0 radical (unpaired) electrons. The minimum Gasteiger partial charge on any atom is -0.394 e. The van der Waals surface area contributed by atoms with Crippen LogP contribution < -0.4 is 0 Å². The number of nitriles is 1. The molecule has 2 aromatic heterocycles. The third-order valence-corrected chi connectivity index (χ3v) is 5.06. The lowest BCUT2D eigenvalue weighted by molar-refractivity contribution is 0.197. The van der Waals surface area contributed by atoms with Gasteiger partial charge in [0.15, 0.2) is 0 Å². The second-order valence-corrected chi connectivity index (χ2v) is 6.61. The van der Waals surface area contributed by atoms with Gasteiger partial charge in [-0.05, 0) is 44.0 Å². The highest BCUT2D eigenvalue weighted by molar-refractivity contribution is 5.34. The smallest absolute Gasteiger partial charge is 0.120 e. The topological polar surface area (TPSA) is 70.0 Å². The number of aromatic nitrogens is 3. The van der Waals surface area contributed by atoms with Gasteiger partial charge < -0.3 is 9.67 Å². The maximum atomic E-state index is 9.19. The van der Waals surface area contributed by atoms with Crippen molar-refractivity contribution in [2.45, 2.75) is 38.8 Å². The Hall–Kier alpha value is -2.10. The molecule has 0 aromatic carbocycles. The highest BCUT2D eigenvalue weighted by atomic mass is 16.3. The number of piperidine rings is 1. The number of hydrogen-bond donors (Lipinski definition) is 1. The summed E-state index contributed by atoms with van der Waals surface area (Å²) in [6, 6.07) is 6.34. The van der Waals surface area contributed by atoms with Crippen LogP contribution in [0.25, 0.3) is 0 Å². The molecule has 1 saturated heterocycles. The highest BCUT2D eigenvalue weighted by Gasteiger charge is 2.24. The molecule has 6 nitrogen and oxygen atoms in total. The zero-order valence-corrected chi connectivity index (χ0v) is 14.4. The molecule has 0 amide bonds. The minimum absolute atomic E-state index is 0.117. The van der Waals surface area contributed by atoms with Crippen LogP contribution in [0, 0.1) is 18.3 Å². The molecule has 0 unspecified atom stereocenters. The Balaban J connectivity index is 1.68. The van der Waals surface area contributed by atoms with E-state index in [1.807, 2.05) is 28.6 Å². The fraction of sp³-hybridized carbons (Fsp3) is 0.556. The van der Waals surface area contributed by atoms with Crippen LogP contribution in [0.1, 0.15) is 41.4 Å². The van der Waals surface area contributed by atoms with Gasteiger partial charge in [-0.1, -0.05) is 0 Å². The van der Waals surface area contributed by atoms with E-state index in [2.05, 4.69) is 29.1 Å². The summed E-state index contributed by atoms with van der Waals surface area (Å²) in [6.45, 7) is 5.71. The molecule has 1 aliphatic heterocycles. The molecule has 1 atom stereocenters. The zero-order chi connectivity index (χ0) is 17.1. The first-order chi connectivity index (χ1) is 11.6. The van der Waals surface area contributed by atoms with Gasteiger partial charge in [0.25, 0.3) is 0 Å². The Bertz CT molecular complexity index is 739. The normalized spacial score (nSPS) is 18.7. The van der Waals surface area contributed by atoms with Gasteiger partial charge in [0.2, 0.25) is 0 Å². The van der Waals surface area contributed by atoms with Crippen LogP contribution in [0.3, 0.4) is 0 Å². The minimum atomic E-state index is 0.117. The summed E-state index contributed by atoms with van der Waals surface area (Å²) in [4.78, 5) is 2.46. The van der Waals surface area contributed by atoms with Crippen molar-refractivity contribution < 1.29 is 5.11 Å². The standard InChI is InChI=1S/C18H25N5O/c1-14-16(10-17(11-19)21(14)2)13-22-6-3-4-15(12-22)18-5-7-23(20-18)8-9-24/h5,7,10,15,24H,3-4,6,8-9,12-13H2,1-2H3/t15-/m0/s1. The molecule has 6 heteroatoms. The van der Waals surface area contributed by atoms with Gasteiger partial charge in [-0.25, -0.2) is 0 Å². The first-order valence-electron chi connectivity index (χ1n) is 8.54. The molecule has 0 spiro atoms. The summed E-state index contributed by atoms with van der Waals surface area (Å²) in [5, 5.41) is 22.8. The molecule has 0 saturated carbocycles. The molecule has 1 fully saturated rings. The van der Waals surface area contributed by atoms with Crippen molar-refractivity contribution in [3.05, 3.63) is 41.0 Å². The fourth-order valence-corrected chi connectivity index (χ4v) is 3.53. The summed E-state index contributed by atoms with van der Waals surface area (Å²) < 4.78 is 3.78. The van der Waals surface area contributed by atoms with Crippen molar-refractivity contribution in [1.82, 2.24) is 19.2 Å². The van der Waals surface area contributed by atoms with Gasteiger partial charge >= 0.3 is 0 Å². The molecule has 24 heavy (non-hydrogen) atoms. The van der Waals surface area contributed by atoms with Gasteiger partial charge in [-0.15, -0.1) is 0 Å². The van der Waals surface area contributed by atoms with E-state index in [4.69, 9.17) is 5.11 Å². The number of aliphatic hydroxyl groups is 1. The van der Waals surface area contributed by atoms with Gasteiger partial charge in [-0.3, -0.25) is 9.58 Å². The molecule has 1 N–H and O–H groups in total. The van der Waals surface area contributed by atoms with Crippen LogP contribution in [0.5, 0.6) is 0 Å². The first kappa shape index (κ1) is 16.7. The summed E-state index contributed by atoms with van der Waals surface area (Å²) in [6.07, 6.45) is 4.27. The summed E-state index contributed by atoms with van der Waals surface area (Å²) in [5.74, 6) is 0.443. The molecule has 0 aliphatic carbocycles. The van der Waals surface area contributed by atoms with E-state index in [1.54, 1.807) is 0 Å². The van der Waals surface area contributed by atoms with Crippen molar-refractivity contribution in [1.29, 1.82) is 5.26 Å². The maximum absolute atomic E-state index is 9.19. The van der Waals surface area contributed by atoms with Crippen LogP contribution in [-0.2, 0) is 20.1 Å². The van der Waals surface area contributed by atoms with E-state index in [0.717, 1.165) is 43.9 Å². The summed E-state index contributed by atoms with van der Waals surface area (Å²) in [5.41, 5.74) is 4.25.